The molecular formula is C53H82O6. The number of allylic oxidation sites excluding steroid dienone is 20. The Balaban J connectivity index is 4.60. The second-order valence-corrected chi connectivity index (χ2v) is 14.7. The van der Waals surface area contributed by atoms with E-state index in [1.54, 1.807) is 0 Å². The van der Waals surface area contributed by atoms with E-state index < -0.39 is 6.10 Å². The molecule has 1 unspecified atom stereocenters. The molecule has 0 spiro atoms. The van der Waals surface area contributed by atoms with Gasteiger partial charge in [-0.15, -0.1) is 0 Å². The first-order chi connectivity index (χ1) is 29.0. The molecule has 6 nitrogen and oxygen atoms in total. The highest BCUT2D eigenvalue weighted by Gasteiger charge is 2.19. The van der Waals surface area contributed by atoms with Crippen molar-refractivity contribution in [2.75, 3.05) is 13.2 Å². The van der Waals surface area contributed by atoms with Crippen LogP contribution >= 0.6 is 0 Å². The highest BCUT2D eigenvalue weighted by molar-refractivity contribution is 5.71. The van der Waals surface area contributed by atoms with Gasteiger partial charge in [0.25, 0.3) is 0 Å². The Hall–Kier alpha value is -4.19. The van der Waals surface area contributed by atoms with E-state index in [4.69, 9.17) is 14.2 Å². The van der Waals surface area contributed by atoms with Crippen molar-refractivity contribution in [1.29, 1.82) is 0 Å². The molecule has 0 bridgehead atoms. The molecule has 0 saturated carbocycles. The maximum absolute atomic E-state index is 12.7. The van der Waals surface area contributed by atoms with Crippen molar-refractivity contribution >= 4 is 17.9 Å². The van der Waals surface area contributed by atoms with E-state index in [0.29, 0.717) is 12.8 Å². The van der Waals surface area contributed by atoms with Gasteiger partial charge < -0.3 is 14.2 Å². The Morgan fingerprint density at radius 1 is 0.373 bits per heavy atom. The number of carbonyl (C=O) groups is 3. The minimum atomic E-state index is -0.831. The predicted molar refractivity (Wildman–Crippen MR) is 251 cm³/mol. The molecule has 1 atom stereocenters. The van der Waals surface area contributed by atoms with Crippen LogP contribution < -0.4 is 0 Å². The highest BCUT2D eigenvalue weighted by atomic mass is 16.6. The minimum Gasteiger partial charge on any atom is -0.462 e. The van der Waals surface area contributed by atoms with Crippen LogP contribution in [0.1, 0.15) is 175 Å². The lowest BCUT2D eigenvalue weighted by Gasteiger charge is -2.18. The van der Waals surface area contributed by atoms with Crippen LogP contribution in [0.25, 0.3) is 0 Å². The zero-order valence-corrected chi connectivity index (χ0v) is 37.5. The van der Waals surface area contributed by atoms with Gasteiger partial charge in [0.15, 0.2) is 6.10 Å². The molecule has 0 N–H and O–H groups in total. The zero-order valence-electron chi connectivity index (χ0n) is 37.5. The van der Waals surface area contributed by atoms with Crippen LogP contribution in [-0.2, 0) is 28.6 Å². The number of hydrogen-bond donors (Lipinski definition) is 0. The fourth-order valence-corrected chi connectivity index (χ4v) is 5.69. The van der Waals surface area contributed by atoms with Crippen molar-refractivity contribution in [3.8, 4) is 0 Å². The number of esters is 3. The smallest absolute Gasteiger partial charge is 0.306 e. The number of hydrogen-bond acceptors (Lipinski definition) is 6. The molecule has 0 aromatic heterocycles. The van der Waals surface area contributed by atoms with Crippen molar-refractivity contribution in [1.82, 2.24) is 0 Å². The first-order valence-corrected chi connectivity index (χ1v) is 23.1. The lowest BCUT2D eigenvalue weighted by Crippen LogP contribution is -2.30. The first-order valence-electron chi connectivity index (χ1n) is 23.1. The van der Waals surface area contributed by atoms with Gasteiger partial charge in [-0.2, -0.15) is 0 Å². The molecule has 0 aliphatic rings. The largest absolute Gasteiger partial charge is 0.462 e. The number of unbranched alkanes of at least 4 members (excludes halogenated alkanes) is 14. The van der Waals surface area contributed by atoms with Gasteiger partial charge in [0.2, 0.25) is 0 Å². The molecule has 0 fully saturated rings. The molecule has 0 aliphatic heterocycles. The Morgan fingerprint density at radius 2 is 0.763 bits per heavy atom. The summed E-state index contributed by atoms with van der Waals surface area (Å²) < 4.78 is 16.6. The summed E-state index contributed by atoms with van der Waals surface area (Å²) in [6, 6.07) is 0. The lowest BCUT2D eigenvalue weighted by atomic mass is 10.1. The summed E-state index contributed by atoms with van der Waals surface area (Å²) in [6.07, 6.45) is 63.3. The number of rotatable bonds is 39. The van der Waals surface area contributed by atoms with E-state index in [-0.39, 0.29) is 44.0 Å². The van der Waals surface area contributed by atoms with Crippen LogP contribution in [-0.4, -0.2) is 37.2 Å². The summed E-state index contributed by atoms with van der Waals surface area (Å²) in [6.45, 7) is 6.21. The zero-order chi connectivity index (χ0) is 43.0. The van der Waals surface area contributed by atoms with Gasteiger partial charge in [0.05, 0.1) is 0 Å². The molecule has 0 heterocycles. The van der Waals surface area contributed by atoms with Crippen LogP contribution in [0.3, 0.4) is 0 Å². The van der Waals surface area contributed by atoms with E-state index in [9.17, 15) is 14.4 Å². The molecule has 0 aromatic carbocycles. The van der Waals surface area contributed by atoms with Crippen LogP contribution in [0.5, 0.6) is 0 Å². The summed E-state index contributed by atoms with van der Waals surface area (Å²) in [5.74, 6) is -1.07. The SMILES string of the molecule is CC\C=C/C=C\C=C/C=C\C=C/CCCCCC(=O)OCC(COC(=O)CC/C=C\C/C=C\CCCCCCCC)OC(=O)CCCCCCC\C=C/C=C\C=C/CC. The number of carbonyl (C=O) groups excluding carboxylic acids is 3. The molecule has 330 valence electrons. The lowest BCUT2D eigenvalue weighted by molar-refractivity contribution is -0.166. The standard InChI is InChI=1S/C53H82O6/c1-4-7-10-13-16-19-22-25-26-29-31-34-37-40-43-46-52(55)58-49-50(59-53(56)47-44-41-38-35-32-28-24-21-18-15-12-9-6-3)48-57-51(54)45-42-39-36-33-30-27-23-20-17-14-11-8-5-2/h7,9-10,12-13,15-16,18-19,21-22,24-27,29-31,36,39,50H,4-6,8,11,14,17,20,23,28,32-35,37-38,40-49H2,1-3H3/b10-7-,12-9-,16-13-,18-15-,22-19-,24-21-,26-25-,30-27-,31-29-,39-36-. The average Bonchev–Trinajstić information content (AvgIpc) is 3.23. The summed E-state index contributed by atoms with van der Waals surface area (Å²) >= 11 is 0. The van der Waals surface area contributed by atoms with E-state index >= 15 is 0 Å². The van der Waals surface area contributed by atoms with Gasteiger partial charge in [-0.05, 0) is 77.0 Å². The normalized spacial score (nSPS) is 13.2. The van der Waals surface area contributed by atoms with Crippen LogP contribution in [0.4, 0.5) is 0 Å². The van der Waals surface area contributed by atoms with Gasteiger partial charge in [-0.3, -0.25) is 14.4 Å². The molecule has 0 radical (unpaired) electrons. The highest BCUT2D eigenvalue weighted by Crippen LogP contribution is 2.11. The van der Waals surface area contributed by atoms with Crippen molar-refractivity contribution in [3.63, 3.8) is 0 Å². The third-order valence-corrected chi connectivity index (χ3v) is 9.13. The fourth-order valence-electron chi connectivity index (χ4n) is 5.69. The van der Waals surface area contributed by atoms with Crippen molar-refractivity contribution in [2.24, 2.45) is 0 Å². The van der Waals surface area contributed by atoms with Gasteiger partial charge in [-0.1, -0.05) is 200 Å². The maximum Gasteiger partial charge on any atom is 0.306 e. The average molecular weight is 815 g/mol. The first kappa shape index (κ1) is 54.8. The van der Waals surface area contributed by atoms with Gasteiger partial charge in [0.1, 0.15) is 13.2 Å². The molecule has 0 rings (SSSR count). The third kappa shape index (κ3) is 44.8. The van der Waals surface area contributed by atoms with E-state index in [1.165, 1.54) is 38.5 Å². The second kappa shape index (κ2) is 46.5. The second-order valence-electron chi connectivity index (χ2n) is 14.7. The summed E-state index contributed by atoms with van der Waals surface area (Å²) in [5.41, 5.74) is 0. The van der Waals surface area contributed by atoms with Crippen molar-refractivity contribution < 1.29 is 28.6 Å². The maximum atomic E-state index is 12.7. The van der Waals surface area contributed by atoms with Crippen LogP contribution in [0, 0.1) is 0 Å². The summed E-state index contributed by atoms with van der Waals surface area (Å²) in [4.78, 5) is 37.8. The van der Waals surface area contributed by atoms with E-state index in [1.807, 2.05) is 60.8 Å². The minimum absolute atomic E-state index is 0.130. The third-order valence-electron chi connectivity index (χ3n) is 9.13. The predicted octanol–water partition coefficient (Wildman–Crippen LogP) is 15.0. The summed E-state index contributed by atoms with van der Waals surface area (Å²) in [5, 5.41) is 0. The Morgan fingerprint density at radius 3 is 1.29 bits per heavy atom. The monoisotopic (exact) mass is 815 g/mol. The molecular weight excluding hydrogens is 733 g/mol. The Bertz CT molecular complexity index is 1300. The molecule has 59 heavy (non-hydrogen) atoms. The fraction of sp³-hybridized carbons (Fsp3) is 0.566. The van der Waals surface area contributed by atoms with Gasteiger partial charge in [-0.25, -0.2) is 0 Å². The van der Waals surface area contributed by atoms with E-state index in [0.717, 1.165) is 89.9 Å². The molecule has 6 heteroatoms. The summed E-state index contributed by atoms with van der Waals surface area (Å²) in [7, 11) is 0. The molecule has 0 amide bonds. The number of ether oxygens (including phenoxy) is 3. The Labute approximate surface area is 361 Å². The van der Waals surface area contributed by atoms with Crippen molar-refractivity contribution in [2.45, 2.75) is 181 Å². The quantitative estimate of drug-likeness (QED) is 0.0202. The van der Waals surface area contributed by atoms with E-state index in [2.05, 4.69) is 81.5 Å². The Kier molecular flexibility index (Phi) is 43.2. The molecule has 0 aliphatic carbocycles. The molecule has 0 saturated heterocycles. The van der Waals surface area contributed by atoms with Gasteiger partial charge in [0, 0.05) is 19.3 Å². The van der Waals surface area contributed by atoms with Crippen LogP contribution in [0.15, 0.2) is 122 Å². The van der Waals surface area contributed by atoms with Gasteiger partial charge >= 0.3 is 17.9 Å². The molecule has 0 aromatic rings. The topological polar surface area (TPSA) is 78.9 Å². The van der Waals surface area contributed by atoms with Crippen molar-refractivity contribution in [3.05, 3.63) is 122 Å². The van der Waals surface area contributed by atoms with Crippen LogP contribution in [0.2, 0.25) is 0 Å².